The van der Waals surface area contributed by atoms with Crippen LogP contribution >= 0.6 is 0 Å². The number of hydrogen-bond acceptors (Lipinski definition) is 4. The summed E-state index contributed by atoms with van der Waals surface area (Å²) in [6.45, 7) is 3.28. The van der Waals surface area contributed by atoms with Gasteiger partial charge in [-0.25, -0.2) is 17.5 Å². The molecule has 0 saturated carbocycles. The van der Waals surface area contributed by atoms with Crippen molar-refractivity contribution in [2.75, 3.05) is 11.9 Å². The fourth-order valence-electron chi connectivity index (χ4n) is 2.90. The molecule has 1 aliphatic heterocycles. The van der Waals surface area contributed by atoms with E-state index >= 15 is 0 Å². The van der Waals surface area contributed by atoms with Gasteiger partial charge < -0.3 is 10.6 Å². The molecule has 0 bridgehead atoms. The van der Waals surface area contributed by atoms with Gasteiger partial charge in [-0.3, -0.25) is 4.79 Å². The van der Waals surface area contributed by atoms with Gasteiger partial charge in [-0.1, -0.05) is 43.3 Å². The lowest BCUT2D eigenvalue weighted by Crippen LogP contribution is -2.48. The predicted octanol–water partition coefficient (Wildman–Crippen LogP) is 2.66. The Labute approximate surface area is 158 Å². The molecule has 2 aromatic carbocycles. The molecule has 7 nitrogen and oxygen atoms in total. The quantitative estimate of drug-likeness (QED) is 0.824. The van der Waals surface area contributed by atoms with Crippen LogP contribution < -0.4 is 10.6 Å². The minimum Gasteiger partial charge on any atom is -0.348 e. The molecule has 0 aliphatic carbocycles. The largest absolute Gasteiger partial charge is 0.348 e. The molecule has 1 atom stereocenters. The molecule has 0 aromatic heterocycles. The third-order valence-corrected chi connectivity index (χ3v) is 6.26. The summed E-state index contributed by atoms with van der Waals surface area (Å²) in [6.07, 6.45) is 0.921. The lowest BCUT2D eigenvalue weighted by Gasteiger charge is -2.28. The van der Waals surface area contributed by atoms with Gasteiger partial charge in [0, 0.05) is 0 Å². The van der Waals surface area contributed by atoms with Gasteiger partial charge in [-0.15, -0.1) is 0 Å². The van der Waals surface area contributed by atoms with Crippen molar-refractivity contribution < 1.29 is 18.0 Å². The SMILES string of the molecule is CCc1ccc(C(C)NC(=O)CN2C(=O)Nc3ccccc3S2(=O)=O)cc1. The first-order chi connectivity index (χ1) is 12.8. The van der Waals surface area contributed by atoms with Gasteiger partial charge in [-0.2, -0.15) is 0 Å². The Morgan fingerprint density at radius 1 is 1.15 bits per heavy atom. The van der Waals surface area contributed by atoms with Gasteiger partial charge in [0.05, 0.1) is 11.7 Å². The molecule has 0 spiro atoms. The van der Waals surface area contributed by atoms with Crippen molar-refractivity contribution in [1.29, 1.82) is 0 Å². The van der Waals surface area contributed by atoms with Crippen molar-refractivity contribution in [3.05, 3.63) is 59.7 Å². The van der Waals surface area contributed by atoms with Gasteiger partial charge in [0.25, 0.3) is 10.0 Å². The number of carbonyl (C=O) groups is 2. The average molecular weight is 387 g/mol. The summed E-state index contributed by atoms with van der Waals surface area (Å²) < 4.78 is 25.9. The van der Waals surface area contributed by atoms with Crippen molar-refractivity contribution in [3.63, 3.8) is 0 Å². The fourth-order valence-corrected chi connectivity index (χ4v) is 4.34. The summed E-state index contributed by atoms with van der Waals surface area (Å²) in [4.78, 5) is 24.5. The Morgan fingerprint density at radius 2 is 1.81 bits per heavy atom. The predicted molar refractivity (Wildman–Crippen MR) is 102 cm³/mol. The van der Waals surface area contributed by atoms with E-state index in [-0.39, 0.29) is 16.6 Å². The molecule has 1 heterocycles. The molecule has 0 radical (unpaired) electrons. The third-order valence-electron chi connectivity index (χ3n) is 4.48. The van der Waals surface area contributed by atoms with Crippen molar-refractivity contribution in [3.8, 4) is 0 Å². The highest BCUT2D eigenvalue weighted by Gasteiger charge is 2.37. The van der Waals surface area contributed by atoms with E-state index in [4.69, 9.17) is 0 Å². The molecule has 2 N–H and O–H groups in total. The second kappa shape index (κ2) is 7.40. The van der Waals surface area contributed by atoms with E-state index in [1.807, 2.05) is 24.3 Å². The summed E-state index contributed by atoms with van der Waals surface area (Å²) >= 11 is 0. The van der Waals surface area contributed by atoms with Gasteiger partial charge in [0.15, 0.2) is 0 Å². The molecule has 27 heavy (non-hydrogen) atoms. The Morgan fingerprint density at radius 3 is 2.48 bits per heavy atom. The first-order valence-corrected chi connectivity index (χ1v) is 10.1. The molecule has 0 fully saturated rings. The maximum absolute atomic E-state index is 12.7. The van der Waals surface area contributed by atoms with Crippen LogP contribution in [0, 0.1) is 0 Å². The molecule has 1 aliphatic rings. The molecular formula is C19H21N3O4S. The Hall–Kier alpha value is -2.87. The smallest absolute Gasteiger partial charge is 0.336 e. The van der Waals surface area contributed by atoms with Crippen molar-refractivity contribution in [1.82, 2.24) is 9.62 Å². The summed E-state index contributed by atoms with van der Waals surface area (Å²) in [6, 6.07) is 12.7. The molecule has 0 saturated heterocycles. The summed E-state index contributed by atoms with van der Waals surface area (Å²) in [5.74, 6) is -0.555. The van der Waals surface area contributed by atoms with Gasteiger partial charge >= 0.3 is 6.03 Å². The number of carbonyl (C=O) groups excluding carboxylic acids is 2. The number of anilines is 1. The highest BCUT2D eigenvalue weighted by atomic mass is 32.2. The third kappa shape index (κ3) is 3.80. The van der Waals surface area contributed by atoms with E-state index in [0.717, 1.165) is 12.0 Å². The van der Waals surface area contributed by atoms with Crippen molar-refractivity contribution in [2.24, 2.45) is 0 Å². The monoisotopic (exact) mass is 387 g/mol. The maximum Gasteiger partial charge on any atom is 0.336 e. The minimum absolute atomic E-state index is 0.0272. The fraction of sp³-hybridized carbons (Fsp3) is 0.263. The number of benzene rings is 2. The van der Waals surface area contributed by atoms with Crippen LogP contribution in [0.1, 0.15) is 31.0 Å². The number of nitrogens with one attached hydrogen (secondary N) is 2. The number of sulfonamides is 1. The Kier molecular flexibility index (Phi) is 5.18. The van der Waals surface area contributed by atoms with Crippen LogP contribution in [0.5, 0.6) is 0 Å². The normalized spacial score (nSPS) is 16.2. The van der Waals surface area contributed by atoms with E-state index in [9.17, 15) is 18.0 Å². The second-order valence-corrected chi connectivity index (χ2v) is 8.15. The van der Waals surface area contributed by atoms with E-state index in [1.54, 1.807) is 19.1 Å². The molecular weight excluding hydrogens is 366 g/mol. The van der Waals surface area contributed by atoms with Crippen LogP contribution in [-0.2, 0) is 21.2 Å². The first-order valence-electron chi connectivity index (χ1n) is 8.64. The molecule has 1 unspecified atom stereocenters. The van der Waals surface area contributed by atoms with E-state index < -0.39 is 28.5 Å². The number of rotatable bonds is 5. The number of urea groups is 1. The standard InChI is InChI=1S/C19H21N3O4S/c1-3-14-8-10-15(11-9-14)13(2)20-18(23)12-22-19(24)21-16-6-4-5-7-17(16)27(22,25)26/h4-11,13H,3,12H2,1-2H3,(H,20,23)(H,21,24). The van der Waals surface area contributed by atoms with Gasteiger partial charge in [0.1, 0.15) is 11.4 Å². The number of amides is 3. The molecule has 2 aromatic rings. The van der Waals surface area contributed by atoms with E-state index in [2.05, 4.69) is 17.6 Å². The van der Waals surface area contributed by atoms with Crippen LogP contribution in [0.25, 0.3) is 0 Å². The van der Waals surface area contributed by atoms with Gasteiger partial charge in [0.2, 0.25) is 5.91 Å². The zero-order valence-corrected chi connectivity index (χ0v) is 15.9. The molecule has 3 amide bonds. The Balaban J connectivity index is 1.72. The van der Waals surface area contributed by atoms with Crippen LogP contribution in [0.4, 0.5) is 10.5 Å². The summed E-state index contributed by atoms with van der Waals surface area (Å²) in [5.41, 5.74) is 2.30. The number of nitrogens with zero attached hydrogens (tertiary/aromatic N) is 1. The summed E-state index contributed by atoms with van der Waals surface area (Å²) in [5, 5.41) is 5.23. The zero-order valence-electron chi connectivity index (χ0n) is 15.1. The highest BCUT2D eigenvalue weighted by molar-refractivity contribution is 7.90. The second-order valence-electron chi connectivity index (χ2n) is 6.32. The number of aryl methyl sites for hydroxylation is 1. The van der Waals surface area contributed by atoms with E-state index in [0.29, 0.717) is 4.31 Å². The number of para-hydroxylation sites is 1. The number of hydrogen-bond donors (Lipinski definition) is 2. The molecule has 3 rings (SSSR count). The van der Waals surface area contributed by atoms with Crippen molar-refractivity contribution >= 4 is 27.6 Å². The lowest BCUT2D eigenvalue weighted by atomic mass is 10.1. The van der Waals surface area contributed by atoms with Crippen LogP contribution in [0.2, 0.25) is 0 Å². The topological polar surface area (TPSA) is 95.6 Å². The Bertz CT molecular complexity index is 971. The first kappa shape index (κ1) is 18.9. The van der Waals surface area contributed by atoms with Gasteiger partial charge in [-0.05, 0) is 36.6 Å². The molecule has 8 heteroatoms. The lowest BCUT2D eigenvalue weighted by molar-refractivity contribution is -0.121. The number of fused-ring (bicyclic) bond motifs is 1. The maximum atomic E-state index is 12.7. The average Bonchev–Trinajstić information content (AvgIpc) is 2.65. The van der Waals surface area contributed by atoms with Crippen molar-refractivity contribution in [2.45, 2.75) is 31.2 Å². The van der Waals surface area contributed by atoms with Crippen LogP contribution in [0.15, 0.2) is 53.4 Å². The van der Waals surface area contributed by atoms with Crippen LogP contribution in [0.3, 0.4) is 0 Å². The zero-order chi connectivity index (χ0) is 19.6. The molecule has 142 valence electrons. The highest BCUT2D eigenvalue weighted by Crippen LogP contribution is 2.29. The van der Waals surface area contributed by atoms with Crippen LogP contribution in [-0.4, -0.2) is 31.2 Å². The summed E-state index contributed by atoms with van der Waals surface area (Å²) in [7, 11) is -4.08. The minimum atomic E-state index is -4.08. The van der Waals surface area contributed by atoms with E-state index in [1.165, 1.54) is 17.7 Å².